The molecule has 0 aromatic heterocycles. The minimum atomic E-state index is -0.297. The molecule has 1 saturated heterocycles. The van der Waals surface area contributed by atoms with E-state index >= 15 is 0 Å². The van der Waals surface area contributed by atoms with Gasteiger partial charge in [0.15, 0.2) is 0 Å². The molecule has 0 unspecified atom stereocenters. The van der Waals surface area contributed by atoms with Crippen LogP contribution in [-0.4, -0.2) is 48.4 Å². The van der Waals surface area contributed by atoms with Crippen LogP contribution in [0.4, 0.5) is 4.39 Å². The number of benzene rings is 3. The molecular formula is C26H25FN2O3. The van der Waals surface area contributed by atoms with E-state index in [-0.39, 0.29) is 17.6 Å². The summed E-state index contributed by atoms with van der Waals surface area (Å²) in [7, 11) is 1.62. The summed E-state index contributed by atoms with van der Waals surface area (Å²) in [5.74, 6) is 0.411. The van der Waals surface area contributed by atoms with Crippen LogP contribution in [0.5, 0.6) is 5.75 Å². The summed E-state index contributed by atoms with van der Waals surface area (Å²) in [6.45, 7) is 1.85. The van der Waals surface area contributed by atoms with Gasteiger partial charge in [0.1, 0.15) is 11.6 Å². The van der Waals surface area contributed by atoms with Crippen molar-refractivity contribution in [2.75, 3.05) is 26.7 Å². The van der Waals surface area contributed by atoms with Gasteiger partial charge in [-0.2, -0.15) is 0 Å². The van der Waals surface area contributed by atoms with Crippen LogP contribution in [0.25, 0.3) is 11.1 Å². The third-order valence-electron chi connectivity index (χ3n) is 5.69. The van der Waals surface area contributed by atoms with Gasteiger partial charge < -0.3 is 14.5 Å². The Morgan fingerprint density at radius 2 is 1.69 bits per heavy atom. The Labute approximate surface area is 187 Å². The van der Waals surface area contributed by atoms with Crippen molar-refractivity contribution in [3.05, 3.63) is 89.7 Å². The number of rotatable bonds is 5. The lowest BCUT2D eigenvalue weighted by molar-refractivity contribution is -0.130. The number of hydrogen-bond donors (Lipinski definition) is 0. The normalized spacial score (nSPS) is 14.2. The highest BCUT2D eigenvalue weighted by Crippen LogP contribution is 2.22. The summed E-state index contributed by atoms with van der Waals surface area (Å²) < 4.78 is 18.4. The Kier molecular flexibility index (Phi) is 6.50. The first-order valence-corrected chi connectivity index (χ1v) is 10.6. The zero-order valence-electron chi connectivity index (χ0n) is 18.0. The van der Waals surface area contributed by atoms with Crippen molar-refractivity contribution in [3.63, 3.8) is 0 Å². The van der Waals surface area contributed by atoms with Gasteiger partial charge in [-0.25, -0.2) is 4.39 Å². The third kappa shape index (κ3) is 4.97. The lowest BCUT2D eigenvalue weighted by Crippen LogP contribution is -2.35. The van der Waals surface area contributed by atoms with E-state index in [9.17, 15) is 14.0 Å². The highest BCUT2D eigenvalue weighted by molar-refractivity contribution is 5.96. The van der Waals surface area contributed by atoms with Crippen LogP contribution in [0.1, 0.15) is 22.3 Å². The molecule has 0 N–H and O–H groups in total. The highest BCUT2D eigenvalue weighted by Gasteiger charge is 2.24. The molecule has 4 rings (SSSR count). The van der Waals surface area contributed by atoms with Crippen LogP contribution in [-0.2, 0) is 11.3 Å². The molecule has 1 aliphatic rings. The Hall–Kier alpha value is -3.67. The molecule has 1 aliphatic heterocycles. The number of halogens is 1. The van der Waals surface area contributed by atoms with E-state index in [2.05, 4.69) is 0 Å². The molecule has 1 heterocycles. The Bertz CT molecular complexity index is 1100. The van der Waals surface area contributed by atoms with Crippen LogP contribution in [0, 0.1) is 5.82 Å². The number of ether oxygens (including phenoxy) is 1. The third-order valence-corrected chi connectivity index (χ3v) is 5.69. The minimum Gasteiger partial charge on any atom is -0.497 e. The average Bonchev–Trinajstić information content (AvgIpc) is 3.01. The van der Waals surface area contributed by atoms with Crippen LogP contribution in [0.2, 0.25) is 0 Å². The summed E-state index contributed by atoms with van der Waals surface area (Å²) in [6.07, 6.45) is 0.291. The van der Waals surface area contributed by atoms with Gasteiger partial charge in [0, 0.05) is 38.2 Å². The van der Waals surface area contributed by atoms with E-state index in [1.54, 1.807) is 35.1 Å². The number of amides is 2. The summed E-state index contributed by atoms with van der Waals surface area (Å²) in [5, 5.41) is 0. The molecule has 3 aromatic rings. The number of methoxy groups -OCH3 is 1. The van der Waals surface area contributed by atoms with Crippen molar-refractivity contribution in [3.8, 4) is 16.9 Å². The van der Waals surface area contributed by atoms with Gasteiger partial charge in [-0.1, -0.05) is 36.4 Å². The van der Waals surface area contributed by atoms with Crippen molar-refractivity contribution in [1.29, 1.82) is 0 Å². The Morgan fingerprint density at radius 1 is 0.938 bits per heavy atom. The second-order valence-corrected chi connectivity index (χ2v) is 7.79. The van der Waals surface area contributed by atoms with E-state index in [0.717, 1.165) is 22.4 Å². The smallest absolute Gasteiger partial charge is 0.253 e. The molecule has 0 radical (unpaired) electrons. The average molecular weight is 432 g/mol. The van der Waals surface area contributed by atoms with E-state index in [4.69, 9.17) is 4.74 Å². The molecule has 32 heavy (non-hydrogen) atoms. The predicted octanol–water partition coefficient (Wildman–Crippen LogP) is 4.38. The predicted molar refractivity (Wildman–Crippen MR) is 121 cm³/mol. The van der Waals surface area contributed by atoms with Crippen molar-refractivity contribution < 1.29 is 18.7 Å². The zero-order valence-corrected chi connectivity index (χ0v) is 18.0. The first kappa shape index (κ1) is 21.6. The zero-order chi connectivity index (χ0) is 22.5. The molecule has 0 atom stereocenters. The fourth-order valence-electron chi connectivity index (χ4n) is 3.84. The van der Waals surface area contributed by atoms with Crippen LogP contribution in [0.3, 0.4) is 0 Å². The molecule has 5 nitrogen and oxygen atoms in total. The van der Waals surface area contributed by atoms with Gasteiger partial charge >= 0.3 is 0 Å². The molecule has 3 aromatic carbocycles. The summed E-state index contributed by atoms with van der Waals surface area (Å²) in [5.41, 5.74) is 3.27. The van der Waals surface area contributed by atoms with Crippen molar-refractivity contribution >= 4 is 11.8 Å². The van der Waals surface area contributed by atoms with Gasteiger partial charge in [-0.05, 0) is 53.1 Å². The van der Waals surface area contributed by atoms with E-state index < -0.39 is 0 Å². The minimum absolute atomic E-state index is 0.0381. The number of carbonyl (C=O) groups is 2. The first-order valence-electron chi connectivity index (χ1n) is 10.6. The van der Waals surface area contributed by atoms with Gasteiger partial charge in [0.25, 0.3) is 5.91 Å². The molecule has 0 saturated carbocycles. The van der Waals surface area contributed by atoms with Crippen LogP contribution < -0.4 is 4.74 Å². The molecular weight excluding hydrogens is 407 g/mol. The molecule has 0 aliphatic carbocycles. The summed E-state index contributed by atoms with van der Waals surface area (Å²) in [4.78, 5) is 29.3. The van der Waals surface area contributed by atoms with Gasteiger partial charge in [-0.3, -0.25) is 9.59 Å². The fourth-order valence-corrected chi connectivity index (χ4v) is 3.84. The van der Waals surface area contributed by atoms with Crippen molar-refractivity contribution in [2.24, 2.45) is 0 Å². The lowest BCUT2D eigenvalue weighted by atomic mass is 10.0. The number of carbonyl (C=O) groups excluding carboxylic acids is 2. The SMILES string of the molecule is COc1ccc(CN2CCN(C(=O)c3cccc(-c4ccc(F)cc4)c3)CCC2=O)cc1. The maximum Gasteiger partial charge on any atom is 0.253 e. The quantitative estimate of drug-likeness (QED) is 0.601. The van der Waals surface area contributed by atoms with Crippen molar-refractivity contribution in [2.45, 2.75) is 13.0 Å². The second kappa shape index (κ2) is 9.64. The van der Waals surface area contributed by atoms with Crippen LogP contribution >= 0.6 is 0 Å². The van der Waals surface area contributed by atoms with Crippen LogP contribution in [0.15, 0.2) is 72.8 Å². The van der Waals surface area contributed by atoms with Gasteiger partial charge in [0.05, 0.1) is 7.11 Å². The van der Waals surface area contributed by atoms with Gasteiger partial charge in [-0.15, -0.1) is 0 Å². The first-order chi connectivity index (χ1) is 15.5. The maximum absolute atomic E-state index is 13.2. The molecule has 0 bridgehead atoms. The van der Waals surface area contributed by atoms with E-state index in [1.165, 1.54) is 12.1 Å². The number of hydrogen-bond acceptors (Lipinski definition) is 3. The largest absolute Gasteiger partial charge is 0.497 e. The topological polar surface area (TPSA) is 49.9 Å². The monoisotopic (exact) mass is 432 g/mol. The molecule has 164 valence electrons. The van der Waals surface area contributed by atoms with Gasteiger partial charge in [0.2, 0.25) is 5.91 Å². The van der Waals surface area contributed by atoms with E-state index in [1.807, 2.05) is 42.5 Å². The number of nitrogens with zero attached hydrogens (tertiary/aromatic N) is 2. The summed E-state index contributed by atoms with van der Waals surface area (Å²) >= 11 is 0. The van der Waals surface area contributed by atoms with E-state index in [0.29, 0.717) is 38.2 Å². The maximum atomic E-state index is 13.2. The Morgan fingerprint density at radius 3 is 2.41 bits per heavy atom. The lowest BCUT2D eigenvalue weighted by Gasteiger charge is -2.22. The Balaban J connectivity index is 1.44. The molecule has 2 amide bonds. The molecule has 1 fully saturated rings. The molecule has 6 heteroatoms. The van der Waals surface area contributed by atoms with Crippen molar-refractivity contribution in [1.82, 2.24) is 9.80 Å². The standard InChI is InChI=1S/C26H25FN2O3/c1-32-24-11-5-19(6-12-24)18-29-16-15-28(14-13-25(29)30)26(31)22-4-2-3-21(17-22)20-7-9-23(27)10-8-20/h2-12,17H,13-16,18H2,1H3. The highest BCUT2D eigenvalue weighted by atomic mass is 19.1. The fraction of sp³-hybridized carbons (Fsp3) is 0.231. The second-order valence-electron chi connectivity index (χ2n) is 7.79. The molecule has 0 spiro atoms. The summed E-state index contributed by atoms with van der Waals surface area (Å²) in [6, 6.07) is 21.2.